The van der Waals surface area contributed by atoms with Gasteiger partial charge in [0.1, 0.15) is 11.6 Å². The topological polar surface area (TPSA) is 113 Å². The van der Waals surface area contributed by atoms with Gasteiger partial charge < -0.3 is 14.6 Å². The molecular weight excluding hydrogens is 492 g/mol. The Morgan fingerprint density at radius 3 is 2.35 bits per heavy atom. The Balaban J connectivity index is 2.14. The van der Waals surface area contributed by atoms with Crippen LogP contribution in [0.4, 0.5) is 0 Å². The highest BCUT2D eigenvalue weighted by molar-refractivity contribution is 7.89. The zero-order chi connectivity index (χ0) is 27.2. The van der Waals surface area contributed by atoms with Crippen LogP contribution < -0.4 is 10.3 Å². The van der Waals surface area contributed by atoms with Crippen LogP contribution in [0.1, 0.15) is 59.5 Å². The Bertz CT molecular complexity index is 1360. The van der Waals surface area contributed by atoms with Gasteiger partial charge in [0.25, 0.3) is 5.56 Å². The van der Waals surface area contributed by atoms with Gasteiger partial charge in [0.2, 0.25) is 10.0 Å². The molecule has 0 aliphatic heterocycles. The van der Waals surface area contributed by atoms with E-state index in [0.717, 1.165) is 19.5 Å². The molecule has 3 rings (SSSR count). The van der Waals surface area contributed by atoms with Crippen LogP contribution in [0.2, 0.25) is 0 Å². The van der Waals surface area contributed by atoms with Crippen LogP contribution in [-0.2, 0) is 22.9 Å². The number of aryl methyl sites for hydroxylation is 2. The Morgan fingerprint density at radius 1 is 1.03 bits per heavy atom. The highest BCUT2D eigenvalue weighted by Gasteiger charge is 2.26. The van der Waals surface area contributed by atoms with Crippen molar-refractivity contribution >= 4 is 15.5 Å². The number of imidazole rings is 1. The number of ether oxygens (including phenoxy) is 1. The quantitative estimate of drug-likeness (QED) is 0.339. The third-order valence-electron chi connectivity index (χ3n) is 6.51. The lowest BCUT2D eigenvalue weighted by Crippen LogP contribution is -2.38. The maximum atomic E-state index is 13.6. The van der Waals surface area contributed by atoms with Crippen LogP contribution in [0.25, 0.3) is 16.9 Å². The molecule has 0 fully saturated rings. The van der Waals surface area contributed by atoms with Crippen molar-refractivity contribution in [3.8, 4) is 17.1 Å². The first-order valence-corrected chi connectivity index (χ1v) is 14.7. The average molecular weight is 533 g/mol. The van der Waals surface area contributed by atoms with Crippen molar-refractivity contribution in [1.29, 1.82) is 0 Å². The zero-order valence-electron chi connectivity index (χ0n) is 22.9. The fraction of sp³-hybridized carbons (Fsp3) is 0.577. The fourth-order valence-electron chi connectivity index (χ4n) is 4.41. The summed E-state index contributed by atoms with van der Waals surface area (Å²) in [6, 6.07) is 4.73. The number of nitrogens with zero attached hydrogens (tertiary/aromatic N) is 5. The first-order valence-electron chi connectivity index (χ1n) is 13.3. The molecule has 0 spiro atoms. The van der Waals surface area contributed by atoms with Crippen molar-refractivity contribution < 1.29 is 13.2 Å². The fourth-order valence-corrected chi connectivity index (χ4v) is 5.88. The van der Waals surface area contributed by atoms with Crippen molar-refractivity contribution in [2.45, 2.75) is 65.7 Å². The van der Waals surface area contributed by atoms with Gasteiger partial charge in [-0.25, -0.2) is 17.9 Å². The summed E-state index contributed by atoms with van der Waals surface area (Å²) in [5.41, 5.74) is 1.21. The molecule has 0 bridgehead atoms. The predicted octanol–water partition coefficient (Wildman–Crippen LogP) is 3.35. The third kappa shape index (κ3) is 6.05. The monoisotopic (exact) mass is 532 g/mol. The van der Waals surface area contributed by atoms with Gasteiger partial charge in [0.05, 0.1) is 22.8 Å². The van der Waals surface area contributed by atoms with E-state index in [2.05, 4.69) is 28.7 Å². The second-order valence-corrected chi connectivity index (χ2v) is 10.7. The summed E-state index contributed by atoms with van der Waals surface area (Å²) in [5.74, 6) is 1.39. The highest BCUT2D eigenvalue weighted by Crippen LogP contribution is 2.31. The number of aromatic nitrogens is 4. The van der Waals surface area contributed by atoms with Crippen LogP contribution in [0.15, 0.2) is 27.9 Å². The number of likely N-dealkylation sites (N-methyl/N-ethyl adjacent to an activating group) is 2. The van der Waals surface area contributed by atoms with Gasteiger partial charge in [-0.05, 0) is 51.1 Å². The largest absolute Gasteiger partial charge is 0.493 e. The maximum Gasteiger partial charge on any atom is 0.277 e. The standard InChI is InChI=1S/C26H40N6O4S/c1-7-13-23-27-21(8-2)24-26(33)28-25(29-32(23)24)20-18-19(14-15-22(20)36-12-6)37(34,35)31(11-5)17-16-30(9-3)10-4/h14-15,18H,7-13,16-17H2,1-6H3,(H,28,29,33). The van der Waals surface area contributed by atoms with E-state index in [-0.39, 0.29) is 16.3 Å². The molecule has 2 aromatic heterocycles. The number of nitrogens with one attached hydrogen (secondary N) is 1. The second-order valence-electron chi connectivity index (χ2n) is 8.76. The van der Waals surface area contributed by atoms with Crippen LogP contribution in [0, 0.1) is 0 Å². The van der Waals surface area contributed by atoms with Crippen molar-refractivity contribution in [3.63, 3.8) is 0 Å². The smallest absolute Gasteiger partial charge is 0.277 e. The van der Waals surface area contributed by atoms with Crippen molar-refractivity contribution in [3.05, 3.63) is 40.1 Å². The molecule has 10 nitrogen and oxygen atoms in total. The zero-order valence-corrected chi connectivity index (χ0v) is 23.7. The van der Waals surface area contributed by atoms with Gasteiger partial charge in [-0.1, -0.05) is 34.6 Å². The van der Waals surface area contributed by atoms with Gasteiger partial charge >= 0.3 is 0 Å². The van der Waals surface area contributed by atoms with E-state index in [1.54, 1.807) is 22.7 Å². The van der Waals surface area contributed by atoms with Crippen LogP contribution in [-0.4, -0.2) is 76.5 Å². The Kier molecular flexibility index (Phi) is 9.86. The number of hydrogen-bond donors (Lipinski definition) is 1. The van der Waals surface area contributed by atoms with Gasteiger partial charge in [0.15, 0.2) is 11.3 Å². The second kappa shape index (κ2) is 12.7. The molecule has 1 aromatic carbocycles. The molecule has 0 aliphatic carbocycles. The van der Waals surface area contributed by atoms with Crippen LogP contribution in [0.3, 0.4) is 0 Å². The van der Waals surface area contributed by atoms with Crippen molar-refractivity contribution in [2.75, 3.05) is 39.3 Å². The molecule has 2 heterocycles. The molecule has 11 heteroatoms. The molecule has 0 aliphatic rings. The molecular formula is C26H40N6O4S. The van der Waals surface area contributed by atoms with Gasteiger partial charge in [-0.3, -0.25) is 4.79 Å². The van der Waals surface area contributed by atoms with E-state index in [9.17, 15) is 13.2 Å². The molecule has 3 aromatic rings. The van der Waals surface area contributed by atoms with Crippen LogP contribution in [0.5, 0.6) is 5.75 Å². The lowest BCUT2D eigenvalue weighted by atomic mass is 10.2. The summed E-state index contributed by atoms with van der Waals surface area (Å²) < 4.78 is 36.1. The first kappa shape index (κ1) is 28.8. The molecule has 0 atom stereocenters. The summed E-state index contributed by atoms with van der Waals surface area (Å²) in [6.07, 6.45) is 2.13. The highest BCUT2D eigenvalue weighted by atomic mass is 32.2. The molecule has 0 amide bonds. The number of H-pyrrole nitrogens is 1. The normalized spacial score (nSPS) is 12.2. The van der Waals surface area contributed by atoms with E-state index in [0.29, 0.717) is 67.4 Å². The van der Waals surface area contributed by atoms with Gasteiger partial charge in [-0.2, -0.15) is 4.31 Å². The number of rotatable bonds is 14. The number of sulfonamides is 1. The minimum Gasteiger partial charge on any atom is -0.493 e. The summed E-state index contributed by atoms with van der Waals surface area (Å²) in [5, 5.41) is 4.71. The molecule has 1 N–H and O–H groups in total. The molecule has 0 radical (unpaired) electrons. The summed E-state index contributed by atoms with van der Waals surface area (Å²) >= 11 is 0. The maximum absolute atomic E-state index is 13.6. The Morgan fingerprint density at radius 2 is 1.76 bits per heavy atom. The van der Waals surface area contributed by atoms with E-state index in [4.69, 9.17) is 9.84 Å². The Hall–Kier alpha value is -2.76. The number of fused-ring (bicyclic) bond motifs is 1. The number of hydrogen-bond acceptors (Lipinski definition) is 7. The van der Waals surface area contributed by atoms with E-state index < -0.39 is 10.0 Å². The van der Waals surface area contributed by atoms with E-state index in [1.165, 1.54) is 4.31 Å². The molecule has 0 saturated heterocycles. The van der Waals surface area contributed by atoms with Crippen molar-refractivity contribution in [2.24, 2.45) is 0 Å². The van der Waals surface area contributed by atoms with Gasteiger partial charge in [0, 0.05) is 26.1 Å². The minimum atomic E-state index is -3.78. The minimum absolute atomic E-state index is 0.128. The van der Waals surface area contributed by atoms with Gasteiger partial charge in [-0.15, -0.1) is 5.10 Å². The van der Waals surface area contributed by atoms with Crippen molar-refractivity contribution in [1.82, 2.24) is 28.8 Å². The van der Waals surface area contributed by atoms with E-state index >= 15 is 0 Å². The van der Waals surface area contributed by atoms with Crippen LogP contribution >= 0.6 is 0 Å². The first-order chi connectivity index (χ1) is 17.7. The average Bonchev–Trinajstić information content (AvgIpc) is 3.25. The summed E-state index contributed by atoms with van der Waals surface area (Å²) in [7, 11) is -3.78. The molecule has 37 heavy (non-hydrogen) atoms. The molecule has 0 saturated carbocycles. The number of aromatic amines is 1. The lowest BCUT2D eigenvalue weighted by Gasteiger charge is -2.25. The summed E-state index contributed by atoms with van der Waals surface area (Å²) in [6.45, 7) is 15.3. The molecule has 0 unspecified atom stereocenters. The lowest BCUT2D eigenvalue weighted by molar-refractivity contribution is 0.274. The van der Waals surface area contributed by atoms with E-state index in [1.807, 2.05) is 27.7 Å². The molecule has 204 valence electrons. The SMILES string of the molecule is CCCc1nc(CC)c2c(=O)[nH]c(-c3cc(S(=O)(=O)N(CC)CCN(CC)CC)ccc3OCC)nn12. The number of benzene rings is 1. The third-order valence-corrected chi connectivity index (χ3v) is 8.48. The Labute approximate surface area is 219 Å². The predicted molar refractivity (Wildman–Crippen MR) is 146 cm³/mol. The summed E-state index contributed by atoms with van der Waals surface area (Å²) in [4.78, 5) is 23.0.